The van der Waals surface area contributed by atoms with Gasteiger partial charge in [0.2, 0.25) is 6.71 Å². The molecule has 3 heterocycles. The normalized spacial score (nSPS) is 12.9. The largest absolute Gasteiger partial charge is 0.310 e. The second kappa shape index (κ2) is 4.74. The first kappa shape index (κ1) is 14.3. The summed E-state index contributed by atoms with van der Waals surface area (Å²) in [6, 6.07) is 30.4. The van der Waals surface area contributed by atoms with Crippen molar-refractivity contribution in [3.8, 4) is 22.9 Å². The number of rotatable bonds is 0. The van der Waals surface area contributed by atoms with Crippen LogP contribution >= 0.6 is 0 Å². The zero-order chi connectivity index (χ0) is 18.4. The van der Waals surface area contributed by atoms with Gasteiger partial charge < -0.3 is 4.57 Å². The van der Waals surface area contributed by atoms with Crippen LogP contribution in [-0.4, -0.2) is 11.3 Å². The SMILES string of the molecule is N#Cc1ccc2c(c1)B1c3c-2cccc3-n2c3ccccc3c3cccc1c32. The third kappa shape index (κ3) is 1.48. The lowest BCUT2D eigenvalue weighted by Crippen LogP contribution is -2.53. The molecule has 0 radical (unpaired) electrons. The van der Waals surface area contributed by atoms with Crippen molar-refractivity contribution in [3.63, 3.8) is 0 Å². The van der Waals surface area contributed by atoms with Crippen LogP contribution in [0.2, 0.25) is 0 Å². The van der Waals surface area contributed by atoms with Gasteiger partial charge in [-0.05, 0) is 46.3 Å². The summed E-state index contributed by atoms with van der Waals surface area (Å²) >= 11 is 0. The second-order valence-electron chi connectivity index (χ2n) is 7.68. The van der Waals surface area contributed by atoms with Crippen LogP contribution in [0.5, 0.6) is 0 Å². The molecule has 0 atom stereocenters. The van der Waals surface area contributed by atoms with Gasteiger partial charge in [0, 0.05) is 22.0 Å². The van der Waals surface area contributed by atoms with Gasteiger partial charge >= 0.3 is 0 Å². The molecule has 28 heavy (non-hydrogen) atoms. The molecule has 0 unspecified atom stereocenters. The highest BCUT2D eigenvalue weighted by Crippen LogP contribution is 2.36. The second-order valence-corrected chi connectivity index (χ2v) is 7.68. The lowest BCUT2D eigenvalue weighted by Gasteiger charge is -2.24. The van der Waals surface area contributed by atoms with Gasteiger partial charge in [0.25, 0.3) is 0 Å². The Kier molecular flexibility index (Phi) is 2.42. The average molecular weight is 352 g/mol. The number of aromatic nitrogens is 1. The summed E-state index contributed by atoms with van der Waals surface area (Å²) in [4.78, 5) is 0. The van der Waals surface area contributed by atoms with Gasteiger partial charge in [0.05, 0.1) is 17.1 Å². The molecule has 0 amide bonds. The highest BCUT2D eigenvalue weighted by Gasteiger charge is 2.40. The minimum absolute atomic E-state index is 0.190. The summed E-state index contributed by atoms with van der Waals surface area (Å²) in [5.74, 6) is 0. The highest BCUT2D eigenvalue weighted by atomic mass is 15.0. The topological polar surface area (TPSA) is 28.7 Å². The zero-order valence-corrected chi connectivity index (χ0v) is 15.0. The fourth-order valence-electron chi connectivity index (χ4n) is 5.41. The summed E-state index contributed by atoms with van der Waals surface area (Å²) in [5, 5.41) is 12.1. The van der Waals surface area contributed by atoms with Crippen LogP contribution in [0.15, 0.2) is 78.9 Å². The molecule has 0 bridgehead atoms. The van der Waals surface area contributed by atoms with E-state index in [1.165, 1.54) is 55.0 Å². The molecular formula is C25H13BN2. The summed E-state index contributed by atoms with van der Waals surface area (Å²) in [7, 11) is 0. The Morgan fingerprint density at radius 3 is 2.54 bits per heavy atom. The predicted molar refractivity (Wildman–Crippen MR) is 116 cm³/mol. The van der Waals surface area contributed by atoms with Crippen molar-refractivity contribution < 1.29 is 0 Å². The van der Waals surface area contributed by atoms with Crippen LogP contribution in [0.25, 0.3) is 38.6 Å². The Labute approximate surface area is 162 Å². The summed E-state index contributed by atoms with van der Waals surface area (Å²) < 4.78 is 2.44. The number of para-hydroxylation sites is 2. The van der Waals surface area contributed by atoms with Gasteiger partial charge in [0.15, 0.2) is 0 Å². The Morgan fingerprint density at radius 1 is 0.750 bits per heavy atom. The van der Waals surface area contributed by atoms with Crippen LogP contribution < -0.4 is 16.4 Å². The van der Waals surface area contributed by atoms with Gasteiger partial charge in [-0.1, -0.05) is 60.1 Å². The van der Waals surface area contributed by atoms with Crippen molar-refractivity contribution in [1.29, 1.82) is 5.26 Å². The Balaban J connectivity index is 1.74. The van der Waals surface area contributed by atoms with E-state index in [9.17, 15) is 5.26 Å². The number of nitriles is 1. The minimum atomic E-state index is 0.190. The lowest BCUT2D eigenvalue weighted by molar-refractivity contribution is 1.19. The maximum Gasteiger partial charge on any atom is 0.248 e. The molecule has 4 aromatic carbocycles. The molecule has 2 aliphatic heterocycles. The molecule has 7 rings (SSSR count). The van der Waals surface area contributed by atoms with Crippen molar-refractivity contribution >= 4 is 44.9 Å². The van der Waals surface area contributed by atoms with E-state index in [-0.39, 0.29) is 6.71 Å². The quantitative estimate of drug-likeness (QED) is 0.384. The average Bonchev–Trinajstić information content (AvgIpc) is 3.27. The third-order valence-corrected chi connectivity index (χ3v) is 6.43. The number of nitrogens with zero attached hydrogens (tertiary/aromatic N) is 2. The van der Waals surface area contributed by atoms with E-state index in [0.717, 1.165) is 5.56 Å². The van der Waals surface area contributed by atoms with Gasteiger partial charge in [-0.3, -0.25) is 0 Å². The Morgan fingerprint density at radius 2 is 1.61 bits per heavy atom. The number of fused-ring (bicyclic) bond motifs is 8. The van der Waals surface area contributed by atoms with Crippen LogP contribution in [0.1, 0.15) is 5.56 Å². The van der Waals surface area contributed by atoms with Crippen molar-refractivity contribution in [2.45, 2.75) is 0 Å². The van der Waals surface area contributed by atoms with Crippen molar-refractivity contribution in [2.75, 3.05) is 0 Å². The predicted octanol–water partition coefficient (Wildman–Crippen LogP) is 3.47. The maximum atomic E-state index is 9.46. The van der Waals surface area contributed by atoms with E-state index in [0.29, 0.717) is 0 Å². The minimum Gasteiger partial charge on any atom is -0.310 e. The summed E-state index contributed by atoms with van der Waals surface area (Å²) in [6.45, 7) is 0.190. The van der Waals surface area contributed by atoms with Crippen LogP contribution in [0.4, 0.5) is 0 Å². The number of benzene rings is 4. The molecule has 0 aliphatic carbocycles. The Hall–Kier alpha value is -3.77. The summed E-state index contributed by atoms with van der Waals surface area (Å²) in [5.41, 5.74) is 11.1. The van der Waals surface area contributed by atoms with Gasteiger partial charge in [0.1, 0.15) is 0 Å². The first-order chi connectivity index (χ1) is 13.9. The van der Waals surface area contributed by atoms with Gasteiger partial charge in [-0.25, -0.2) is 0 Å². The van der Waals surface area contributed by atoms with E-state index in [1.54, 1.807) is 0 Å². The van der Waals surface area contributed by atoms with E-state index < -0.39 is 0 Å². The molecule has 1 aromatic heterocycles. The molecule has 0 saturated heterocycles. The highest BCUT2D eigenvalue weighted by molar-refractivity contribution is 7.01. The maximum absolute atomic E-state index is 9.46. The molecule has 2 nitrogen and oxygen atoms in total. The number of hydrogen-bond acceptors (Lipinski definition) is 1. The van der Waals surface area contributed by atoms with Crippen molar-refractivity contribution in [1.82, 2.24) is 4.57 Å². The first-order valence-corrected chi connectivity index (χ1v) is 9.56. The first-order valence-electron chi connectivity index (χ1n) is 9.56. The molecule has 5 aromatic rings. The molecule has 0 fully saturated rings. The van der Waals surface area contributed by atoms with Crippen LogP contribution in [0.3, 0.4) is 0 Å². The van der Waals surface area contributed by atoms with Crippen molar-refractivity contribution in [3.05, 3.63) is 84.4 Å². The fraction of sp³-hybridized carbons (Fsp3) is 0. The molecule has 126 valence electrons. The van der Waals surface area contributed by atoms with E-state index in [1.807, 2.05) is 6.07 Å². The molecule has 0 spiro atoms. The fourth-order valence-corrected chi connectivity index (χ4v) is 5.41. The van der Waals surface area contributed by atoms with Crippen LogP contribution in [-0.2, 0) is 0 Å². The van der Waals surface area contributed by atoms with E-state index in [2.05, 4.69) is 83.4 Å². The summed E-state index contributed by atoms with van der Waals surface area (Å²) in [6.07, 6.45) is 0. The molecule has 2 aliphatic rings. The van der Waals surface area contributed by atoms with Gasteiger partial charge in [-0.2, -0.15) is 5.26 Å². The van der Waals surface area contributed by atoms with Gasteiger partial charge in [-0.15, -0.1) is 0 Å². The van der Waals surface area contributed by atoms with Crippen LogP contribution in [0, 0.1) is 11.3 Å². The Bertz CT molecular complexity index is 1530. The third-order valence-electron chi connectivity index (χ3n) is 6.43. The zero-order valence-electron chi connectivity index (χ0n) is 15.0. The van der Waals surface area contributed by atoms with E-state index >= 15 is 0 Å². The molecular weight excluding hydrogens is 339 g/mol. The smallest absolute Gasteiger partial charge is 0.248 e. The monoisotopic (exact) mass is 352 g/mol. The molecule has 0 saturated carbocycles. The van der Waals surface area contributed by atoms with Crippen molar-refractivity contribution in [2.24, 2.45) is 0 Å². The molecule has 0 N–H and O–H groups in total. The van der Waals surface area contributed by atoms with E-state index in [4.69, 9.17) is 0 Å². The molecule has 3 heteroatoms. The lowest BCUT2D eigenvalue weighted by atomic mass is 9.37. The number of hydrogen-bond donors (Lipinski definition) is 0. The standard InChI is InChI=1S/C25H13BN2/c27-14-15-11-12-16-18-6-4-10-23-24(18)26(21(16)13-15)20-8-3-7-19-17-5-1-2-9-22(17)28(23)25(19)20/h1-13H.